The Balaban J connectivity index is 1.51. The Morgan fingerprint density at radius 2 is 1.96 bits per heavy atom. The van der Waals surface area contributed by atoms with Gasteiger partial charge in [0, 0.05) is 29.4 Å². The van der Waals surface area contributed by atoms with Gasteiger partial charge in [0.2, 0.25) is 0 Å². The number of nitrogens with zero attached hydrogens (tertiary/aromatic N) is 4. The molecular formula is C20H14N4O2. The van der Waals surface area contributed by atoms with E-state index in [1.807, 2.05) is 42.5 Å². The van der Waals surface area contributed by atoms with Crippen molar-refractivity contribution in [1.82, 2.24) is 20.0 Å². The molecule has 0 aliphatic carbocycles. The highest BCUT2D eigenvalue weighted by Crippen LogP contribution is 2.30. The number of aromatic nitrogens is 3. The molecule has 4 aromatic rings. The zero-order valence-corrected chi connectivity index (χ0v) is 13.8. The molecule has 3 heterocycles. The van der Waals surface area contributed by atoms with Crippen LogP contribution in [0.5, 0.6) is 0 Å². The fourth-order valence-electron chi connectivity index (χ4n) is 3.30. The smallest absolute Gasteiger partial charge is 0.254 e. The number of fused-ring (bicyclic) bond motifs is 2. The van der Waals surface area contributed by atoms with Crippen LogP contribution in [0, 0.1) is 0 Å². The highest BCUT2D eigenvalue weighted by molar-refractivity contribution is 6.01. The first-order chi connectivity index (χ1) is 12.8. The summed E-state index contributed by atoms with van der Waals surface area (Å²) >= 11 is 0. The Hall–Kier alpha value is -3.54. The van der Waals surface area contributed by atoms with Gasteiger partial charge in [-0.05, 0) is 18.2 Å². The molecule has 2 aromatic carbocycles. The molecule has 0 saturated heterocycles. The van der Waals surface area contributed by atoms with Crippen LogP contribution in [0.4, 0.5) is 0 Å². The normalized spacial score (nSPS) is 13.2. The van der Waals surface area contributed by atoms with E-state index in [9.17, 15) is 4.79 Å². The van der Waals surface area contributed by atoms with Gasteiger partial charge in [0.05, 0.1) is 17.6 Å². The number of benzene rings is 2. The summed E-state index contributed by atoms with van der Waals surface area (Å²) in [4.78, 5) is 23.0. The molecule has 2 aromatic heterocycles. The molecule has 0 radical (unpaired) electrons. The summed E-state index contributed by atoms with van der Waals surface area (Å²) in [7, 11) is 0. The minimum Gasteiger partial charge on any atom is -0.355 e. The van der Waals surface area contributed by atoms with Crippen LogP contribution in [-0.4, -0.2) is 25.9 Å². The molecule has 0 unspecified atom stereocenters. The molecule has 26 heavy (non-hydrogen) atoms. The van der Waals surface area contributed by atoms with Gasteiger partial charge in [-0.3, -0.25) is 4.79 Å². The predicted molar refractivity (Wildman–Crippen MR) is 95.1 cm³/mol. The van der Waals surface area contributed by atoms with Crippen molar-refractivity contribution in [2.45, 2.75) is 13.1 Å². The summed E-state index contributed by atoms with van der Waals surface area (Å²) in [6.45, 7) is 1.03. The SMILES string of the molecule is O=C(c1ccc2noc(-c3ccccc3)c2c1)N1Cc2cncnc2C1. The molecule has 6 heteroatoms. The lowest BCUT2D eigenvalue weighted by Gasteiger charge is -2.15. The van der Waals surface area contributed by atoms with Gasteiger partial charge in [-0.1, -0.05) is 35.5 Å². The monoisotopic (exact) mass is 342 g/mol. The summed E-state index contributed by atoms with van der Waals surface area (Å²) in [6.07, 6.45) is 3.29. The molecule has 0 fully saturated rings. The van der Waals surface area contributed by atoms with Gasteiger partial charge in [-0.15, -0.1) is 0 Å². The second-order valence-electron chi connectivity index (χ2n) is 6.27. The third kappa shape index (κ3) is 2.35. The van der Waals surface area contributed by atoms with E-state index in [0.717, 1.165) is 27.7 Å². The van der Waals surface area contributed by atoms with Crippen LogP contribution in [-0.2, 0) is 13.1 Å². The van der Waals surface area contributed by atoms with Gasteiger partial charge >= 0.3 is 0 Å². The largest absolute Gasteiger partial charge is 0.355 e. The molecule has 0 bridgehead atoms. The minimum atomic E-state index is -0.0369. The van der Waals surface area contributed by atoms with Crippen LogP contribution in [0.1, 0.15) is 21.6 Å². The highest BCUT2D eigenvalue weighted by atomic mass is 16.5. The third-order valence-electron chi connectivity index (χ3n) is 4.63. The minimum absolute atomic E-state index is 0.0369. The maximum absolute atomic E-state index is 13.0. The molecule has 0 atom stereocenters. The number of carbonyl (C=O) groups is 1. The summed E-state index contributed by atoms with van der Waals surface area (Å²) < 4.78 is 5.52. The van der Waals surface area contributed by atoms with Crippen molar-refractivity contribution in [3.8, 4) is 11.3 Å². The van der Waals surface area contributed by atoms with E-state index in [-0.39, 0.29) is 5.91 Å². The standard InChI is InChI=1S/C20H14N4O2/c25-20(24-10-15-9-21-12-22-18(15)11-24)14-6-7-17-16(8-14)19(26-23-17)13-4-2-1-3-5-13/h1-9,12H,10-11H2. The lowest BCUT2D eigenvalue weighted by Crippen LogP contribution is -2.25. The first-order valence-electron chi connectivity index (χ1n) is 8.31. The van der Waals surface area contributed by atoms with E-state index < -0.39 is 0 Å². The van der Waals surface area contributed by atoms with Crippen molar-refractivity contribution in [2.24, 2.45) is 0 Å². The summed E-state index contributed by atoms with van der Waals surface area (Å²) in [5, 5.41) is 4.94. The van der Waals surface area contributed by atoms with Crippen LogP contribution in [0.3, 0.4) is 0 Å². The average molecular weight is 342 g/mol. The van der Waals surface area contributed by atoms with Gasteiger partial charge < -0.3 is 9.42 Å². The zero-order chi connectivity index (χ0) is 17.5. The van der Waals surface area contributed by atoms with Gasteiger partial charge in [0.25, 0.3) is 5.91 Å². The zero-order valence-electron chi connectivity index (χ0n) is 13.8. The summed E-state index contributed by atoms with van der Waals surface area (Å²) in [6, 6.07) is 15.2. The number of carbonyl (C=O) groups excluding carboxylic acids is 1. The highest BCUT2D eigenvalue weighted by Gasteiger charge is 2.26. The van der Waals surface area contributed by atoms with Crippen molar-refractivity contribution in [1.29, 1.82) is 0 Å². The molecule has 0 N–H and O–H groups in total. The molecule has 1 amide bonds. The lowest BCUT2D eigenvalue weighted by molar-refractivity contribution is 0.0750. The number of amides is 1. The second kappa shape index (κ2) is 5.77. The number of rotatable bonds is 2. The van der Waals surface area contributed by atoms with Crippen molar-refractivity contribution in [3.05, 3.63) is 77.9 Å². The van der Waals surface area contributed by atoms with E-state index in [2.05, 4.69) is 15.1 Å². The Kier molecular flexibility index (Phi) is 3.28. The molecule has 6 nitrogen and oxygen atoms in total. The van der Waals surface area contributed by atoms with Crippen LogP contribution < -0.4 is 0 Å². The molecule has 1 aliphatic heterocycles. The lowest BCUT2D eigenvalue weighted by atomic mass is 10.1. The molecule has 0 spiro atoms. The summed E-state index contributed by atoms with van der Waals surface area (Å²) in [5.74, 6) is 0.635. The average Bonchev–Trinajstić information content (AvgIpc) is 3.31. The van der Waals surface area contributed by atoms with Gasteiger partial charge in [0.15, 0.2) is 5.76 Å². The van der Waals surface area contributed by atoms with Crippen LogP contribution in [0.15, 0.2) is 65.6 Å². The molecule has 1 aliphatic rings. The van der Waals surface area contributed by atoms with Crippen LogP contribution in [0.2, 0.25) is 0 Å². The topological polar surface area (TPSA) is 72.1 Å². The van der Waals surface area contributed by atoms with Crippen molar-refractivity contribution >= 4 is 16.8 Å². The van der Waals surface area contributed by atoms with Crippen LogP contribution >= 0.6 is 0 Å². The van der Waals surface area contributed by atoms with E-state index in [1.165, 1.54) is 6.33 Å². The molecular weight excluding hydrogens is 328 g/mol. The molecule has 5 rings (SSSR count). The third-order valence-corrected chi connectivity index (χ3v) is 4.63. The second-order valence-corrected chi connectivity index (χ2v) is 6.27. The van der Waals surface area contributed by atoms with Crippen molar-refractivity contribution in [2.75, 3.05) is 0 Å². The van der Waals surface area contributed by atoms with Gasteiger partial charge in [-0.25, -0.2) is 9.97 Å². The first kappa shape index (κ1) is 14.8. The Morgan fingerprint density at radius 3 is 2.81 bits per heavy atom. The maximum Gasteiger partial charge on any atom is 0.254 e. The maximum atomic E-state index is 13.0. The van der Waals surface area contributed by atoms with Gasteiger partial charge in [0.1, 0.15) is 11.8 Å². The van der Waals surface area contributed by atoms with E-state index in [1.54, 1.807) is 17.2 Å². The van der Waals surface area contributed by atoms with E-state index >= 15 is 0 Å². The van der Waals surface area contributed by atoms with Crippen molar-refractivity contribution < 1.29 is 9.32 Å². The predicted octanol–water partition coefficient (Wildman–Crippen LogP) is 3.44. The van der Waals surface area contributed by atoms with Crippen molar-refractivity contribution in [3.63, 3.8) is 0 Å². The number of hydrogen-bond donors (Lipinski definition) is 0. The van der Waals surface area contributed by atoms with Gasteiger partial charge in [-0.2, -0.15) is 0 Å². The fraction of sp³-hybridized carbons (Fsp3) is 0.100. The fourth-order valence-corrected chi connectivity index (χ4v) is 3.30. The van der Waals surface area contributed by atoms with E-state index in [0.29, 0.717) is 24.4 Å². The number of hydrogen-bond acceptors (Lipinski definition) is 5. The Morgan fingerprint density at radius 1 is 1.08 bits per heavy atom. The Labute approximate surface area is 149 Å². The molecule has 0 saturated carbocycles. The van der Waals surface area contributed by atoms with E-state index in [4.69, 9.17) is 4.52 Å². The molecule has 126 valence electrons. The first-order valence-corrected chi connectivity index (χ1v) is 8.31. The summed E-state index contributed by atoms with van der Waals surface area (Å²) in [5.41, 5.74) is 4.18. The van der Waals surface area contributed by atoms with Crippen LogP contribution in [0.25, 0.3) is 22.2 Å². The quantitative estimate of drug-likeness (QED) is 0.558. The Bertz CT molecular complexity index is 1100.